The second-order valence-electron chi connectivity index (χ2n) is 8.76. The number of carbonyl (C=O) groups excluding carboxylic acids is 3. The summed E-state index contributed by atoms with van der Waals surface area (Å²) in [7, 11) is 0. The molecule has 2 amide bonds. The van der Waals surface area contributed by atoms with Crippen LogP contribution in [0.5, 0.6) is 0 Å². The number of amides is 2. The van der Waals surface area contributed by atoms with Gasteiger partial charge in [-0.25, -0.2) is 4.79 Å². The van der Waals surface area contributed by atoms with E-state index < -0.39 is 28.8 Å². The number of nitrogens with two attached hydrogens (primary N) is 1. The number of primary amides is 1. The number of fused-ring (bicyclic) bond motifs is 1. The van der Waals surface area contributed by atoms with Gasteiger partial charge in [0.05, 0.1) is 23.0 Å². The van der Waals surface area contributed by atoms with Crippen molar-refractivity contribution in [2.75, 3.05) is 5.08 Å². The van der Waals surface area contributed by atoms with Crippen molar-refractivity contribution in [3.63, 3.8) is 0 Å². The molecule has 0 saturated carbocycles. The number of rotatable bonds is 10. The van der Waals surface area contributed by atoms with Crippen LogP contribution >= 0.6 is 23.5 Å². The molecule has 2 aromatic rings. The predicted octanol–water partition coefficient (Wildman–Crippen LogP) is 3.29. The van der Waals surface area contributed by atoms with Crippen LogP contribution in [-0.2, 0) is 20.9 Å². The van der Waals surface area contributed by atoms with Crippen molar-refractivity contribution in [1.82, 2.24) is 4.90 Å². The second kappa shape index (κ2) is 11.0. The zero-order valence-corrected chi connectivity index (χ0v) is 21.7. The molecule has 2 heterocycles. The Bertz CT molecular complexity index is 1260. The van der Waals surface area contributed by atoms with Crippen molar-refractivity contribution in [3.8, 4) is 0 Å². The highest BCUT2D eigenvalue weighted by atomic mass is 32.2. The fraction of sp³-hybridized carbons (Fsp3) is 0.320. The second-order valence-corrected chi connectivity index (χ2v) is 11.2. The lowest BCUT2D eigenvalue weighted by molar-refractivity contribution is -0.384. The molecule has 2 aliphatic heterocycles. The van der Waals surface area contributed by atoms with Gasteiger partial charge < -0.3 is 20.5 Å². The number of nitrogens with zero attached hydrogens (tertiary/aromatic N) is 2. The summed E-state index contributed by atoms with van der Waals surface area (Å²) in [5, 5.41) is 21.5. The molecule has 1 saturated heterocycles. The molecule has 0 spiro atoms. The Morgan fingerprint density at radius 3 is 2.38 bits per heavy atom. The van der Waals surface area contributed by atoms with Crippen LogP contribution in [0.1, 0.15) is 29.8 Å². The minimum absolute atomic E-state index is 0.0685. The minimum atomic E-state index is -0.851. The van der Waals surface area contributed by atoms with Crippen molar-refractivity contribution in [3.05, 3.63) is 80.4 Å². The average Bonchev–Trinajstić information content (AvgIpc) is 3.10. The Morgan fingerprint density at radius 2 is 1.81 bits per heavy atom. The number of esters is 1. The van der Waals surface area contributed by atoms with E-state index in [1.165, 1.54) is 52.7 Å². The van der Waals surface area contributed by atoms with Crippen LogP contribution in [0.15, 0.2) is 64.0 Å². The fourth-order valence-corrected chi connectivity index (χ4v) is 6.85. The smallest absolute Gasteiger partial charge is 0.356 e. The summed E-state index contributed by atoms with van der Waals surface area (Å²) in [6.07, 6.45) is -0.851. The van der Waals surface area contributed by atoms with E-state index in [2.05, 4.69) is 0 Å². The number of nitro benzene ring substituents is 1. The minimum Gasteiger partial charge on any atom is -0.456 e. The van der Waals surface area contributed by atoms with E-state index >= 15 is 0 Å². The van der Waals surface area contributed by atoms with Gasteiger partial charge in [-0.15, -0.1) is 23.5 Å². The van der Waals surface area contributed by atoms with Crippen molar-refractivity contribution >= 4 is 47.0 Å². The highest BCUT2D eigenvalue weighted by Gasteiger charge is 2.60. The molecule has 3 N–H and O–H groups in total. The van der Waals surface area contributed by atoms with E-state index in [4.69, 9.17) is 10.5 Å². The summed E-state index contributed by atoms with van der Waals surface area (Å²) >= 11 is 2.93. The van der Waals surface area contributed by atoms with Gasteiger partial charge in [0, 0.05) is 38.5 Å². The zero-order chi connectivity index (χ0) is 26.9. The largest absolute Gasteiger partial charge is 0.456 e. The summed E-state index contributed by atoms with van der Waals surface area (Å²) in [6, 6.07) is 12.2. The summed E-state index contributed by atoms with van der Waals surface area (Å²) in [6.45, 7) is 3.38. The highest BCUT2D eigenvalue weighted by Crippen LogP contribution is 2.51. The first-order valence-electron chi connectivity index (χ1n) is 11.4. The molecule has 0 radical (unpaired) electrons. The summed E-state index contributed by atoms with van der Waals surface area (Å²) in [4.78, 5) is 50.7. The van der Waals surface area contributed by atoms with E-state index in [1.807, 2.05) is 6.92 Å². The lowest BCUT2D eigenvalue weighted by atomic mass is 9.79. The molecule has 4 rings (SSSR count). The number of benzene rings is 2. The summed E-state index contributed by atoms with van der Waals surface area (Å²) in [5.41, 5.74) is 6.38. The molecule has 194 valence electrons. The first kappa shape index (κ1) is 26.7. The quantitative estimate of drug-likeness (QED) is 0.115. The molecule has 1 fully saturated rings. The van der Waals surface area contributed by atoms with Gasteiger partial charge in [0.15, 0.2) is 0 Å². The molecule has 37 heavy (non-hydrogen) atoms. The Labute approximate surface area is 221 Å². The van der Waals surface area contributed by atoms with Crippen LogP contribution in [0.3, 0.4) is 0 Å². The SMILES string of the molecule is C[C@@H](O)[C@H]1C(=O)N2C(C(=O)OCc3ccc([N+](=O)[O-])cc3)=C(SCSc3ccc(C(N)=O)cc3)[C@H](C)[C@H]12. The molecule has 0 bridgehead atoms. The van der Waals surface area contributed by atoms with Crippen molar-refractivity contribution < 1.29 is 29.2 Å². The Hall–Kier alpha value is -3.35. The summed E-state index contributed by atoms with van der Waals surface area (Å²) in [5.74, 6) is -2.26. The van der Waals surface area contributed by atoms with Gasteiger partial charge >= 0.3 is 5.97 Å². The van der Waals surface area contributed by atoms with E-state index in [1.54, 1.807) is 31.2 Å². The van der Waals surface area contributed by atoms with Gasteiger partial charge in [0.2, 0.25) is 11.8 Å². The number of β-lactam (4-membered cyclic amide) rings is 1. The van der Waals surface area contributed by atoms with Crippen LogP contribution < -0.4 is 5.73 Å². The Kier molecular flexibility index (Phi) is 7.90. The highest BCUT2D eigenvalue weighted by molar-refractivity contribution is 8.17. The number of hydrogen-bond donors (Lipinski definition) is 2. The number of hydrogen-bond acceptors (Lipinski definition) is 9. The first-order chi connectivity index (χ1) is 17.6. The maximum Gasteiger partial charge on any atom is 0.356 e. The molecular formula is C25H25N3O7S2. The van der Waals surface area contributed by atoms with E-state index in [9.17, 15) is 29.6 Å². The van der Waals surface area contributed by atoms with Gasteiger partial charge in [0.1, 0.15) is 12.3 Å². The summed E-state index contributed by atoms with van der Waals surface area (Å²) < 4.78 is 5.50. The third-order valence-electron chi connectivity index (χ3n) is 6.40. The monoisotopic (exact) mass is 543 g/mol. The van der Waals surface area contributed by atoms with E-state index in [0.29, 0.717) is 21.1 Å². The number of thioether (sulfide) groups is 2. The first-order valence-corrected chi connectivity index (χ1v) is 13.4. The van der Waals surface area contributed by atoms with Gasteiger partial charge in [-0.1, -0.05) is 6.92 Å². The molecule has 2 aliphatic rings. The molecule has 10 nitrogen and oxygen atoms in total. The predicted molar refractivity (Wildman–Crippen MR) is 138 cm³/mol. The molecule has 0 aliphatic carbocycles. The van der Waals surface area contributed by atoms with Crippen molar-refractivity contribution in [2.24, 2.45) is 17.6 Å². The average molecular weight is 544 g/mol. The van der Waals surface area contributed by atoms with Gasteiger partial charge in [-0.3, -0.25) is 19.7 Å². The zero-order valence-electron chi connectivity index (χ0n) is 20.0. The van der Waals surface area contributed by atoms with Gasteiger partial charge in [0.25, 0.3) is 5.69 Å². The molecule has 0 aromatic heterocycles. The maximum absolute atomic E-state index is 13.2. The lowest BCUT2D eigenvalue weighted by Crippen LogP contribution is -2.63. The van der Waals surface area contributed by atoms with E-state index in [-0.39, 0.29) is 35.9 Å². The number of ether oxygens (including phenoxy) is 1. The fourth-order valence-electron chi connectivity index (χ4n) is 4.51. The third kappa shape index (κ3) is 5.36. The lowest BCUT2D eigenvalue weighted by Gasteiger charge is -2.46. The number of aliphatic hydroxyl groups excluding tert-OH is 1. The van der Waals surface area contributed by atoms with Gasteiger partial charge in [-0.05, 0) is 48.9 Å². The van der Waals surface area contributed by atoms with Crippen LogP contribution in [0, 0.1) is 22.0 Å². The van der Waals surface area contributed by atoms with Crippen LogP contribution in [-0.4, -0.2) is 49.9 Å². The Morgan fingerprint density at radius 1 is 1.16 bits per heavy atom. The van der Waals surface area contributed by atoms with Crippen molar-refractivity contribution in [1.29, 1.82) is 0 Å². The van der Waals surface area contributed by atoms with Crippen LogP contribution in [0.2, 0.25) is 0 Å². The number of non-ortho nitro benzene ring substituents is 1. The number of carbonyl (C=O) groups is 3. The van der Waals surface area contributed by atoms with Crippen LogP contribution in [0.25, 0.3) is 0 Å². The molecule has 12 heteroatoms. The molecule has 2 aromatic carbocycles. The standard InChI is InChI=1S/C25H25N3O7S2/c1-13-20-19(14(2)29)24(31)27(20)21(25(32)35-11-15-3-7-17(8-4-15)28(33)34)22(13)37-12-36-18-9-5-16(6-10-18)23(26)30/h3-10,13-14,19-20,29H,11-12H2,1-2H3,(H2,26,30)/t13-,14-,19-,20-/m1/s1. The van der Waals surface area contributed by atoms with Crippen molar-refractivity contribution in [2.45, 2.75) is 37.5 Å². The molecule has 0 unspecified atom stereocenters. The molecular weight excluding hydrogens is 518 g/mol. The van der Waals surface area contributed by atoms with Gasteiger partial charge in [-0.2, -0.15) is 0 Å². The number of nitro groups is 1. The Balaban J connectivity index is 1.49. The molecule has 4 atom stereocenters. The topological polar surface area (TPSA) is 153 Å². The third-order valence-corrected chi connectivity index (χ3v) is 8.82. The normalized spacial score (nSPS) is 21.3. The van der Waals surface area contributed by atoms with Crippen LogP contribution in [0.4, 0.5) is 5.69 Å². The van der Waals surface area contributed by atoms with E-state index in [0.717, 1.165) is 4.90 Å². The number of aliphatic hydroxyl groups is 1. The maximum atomic E-state index is 13.2.